The molecule has 37 heavy (non-hydrogen) atoms. The number of carboxylic acids is 3. The van der Waals surface area contributed by atoms with E-state index >= 15 is 0 Å². The van der Waals surface area contributed by atoms with Crippen LogP contribution in [-0.2, 0) is 59.9 Å². The van der Waals surface area contributed by atoms with E-state index in [-0.39, 0.29) is 44.7 Å². The van der Waals surface area contributed by atoms with Crippen LogP contribution in [-0.4, -0.2) is 24.1 Å². The number of nitrogens with one attached hydrogen (secondary N) is 1. The molecule has 0 amide bonds. The first-order valence-corrected chi connectivity index (χ1v) is 10.2. The van der Waals surface area contributed by atoms with E-state index in [9.17, 15) is 5.11 Å². The van der Waals surface area contributed by atoms with Crippen molar-refractivity contribution in [3.8, 4) is 5.75 Å². The third kappa shape index (κ3) is 22.8. The molecule has 186 valence electrons. The van der Waals surface area contributed by atoms with Gasteiger partial charge >= 0.3 is 39.0 Å². The van der Waals surface area contributed by atoms with E-state index in [2.05, 4.69) is 22.4 Å². The van der Waals surface area contributed by atoms with Crippen LogP contribution in [0.15, 0.2) is 83.9 Å². The van der Waals surface area contributed by atoms with Gasteiger partial charge in [-0.15, -0.1) is 5.75 Å². The molecule has 0 aromatic heterocycles. The summed E-state index contributed by atoms with van der Waals surface area (Å²) in [7, 11) is 0. The van der Waals surface area contributed by atoms with Crippen LogP contribution in [0, 0.1) is 0 Å². The largest absolute Gasteiger partial charge is 2.00 e. The third-order valence-corrected chi connectivity index (χ3v) is 3.49. The Morgan fingerprint density at radius 3 is 1.68 bits per heavy atom. The summed E-state index contributed by atoms with van der Waals surface area (Å²) in [5, 5.41) is 41.8. The molecule has 1 N–H and O–H groups in total. The number of rotatable bonds is 5. The zero-order valence-electron chi connectivity index (χ0n) is 21.0. The predicted octanol–water partition coefficient (Wildman–Crippen LogP) is 0.387. The summed E-state index contributed by atoms with van der Waals surface area (Å²) in [6.45, 7) is 3.64. The summed E-state index contributed by atoms with van der Waals surface area (Å²) in [5.41, 5.74) is 3.55. The number of benzene rings is 3. The first-order valence-electron chi connectivity index (χ1n) is 10.2. The molecular formula is C26H26N2O7Zn2. The minimum atomic E-state index is -1.08. The first kappa shape index (κ1) is 38.1. The summed E-state index contributed by atoms with van der Waals surface area (Å²) in [6.07, 6.45) is 1.62. The van der Waals surface area contributed by atoms with Gasteiger partial charge in [0.05, 0.1) is 11.4 Å². The second-order valence-electron chi connectivity index (χ2n) is 6.63. The van der Waals surface area contributed by atoms with Gasteiger partial charge in [-0.1, -0.05) is 66.7 Å². The average molecular weight is 609 g/mol. The number of hydrogen-bond donors (Lipinski definition) is 1. The normalized spacial score (nSPS) is 8.73. The molecule has 0 unspecified atom stereocenters. The van der Waals surface area contributed by atoms with Crippen LogP contribution in [0.4, 0.5) is 11.4 Å². The van der Waals surface area contributed by atoms with E-state index in [0.29, 0.717) is 5.56 Å². The number of carbonyl (C=O) groups is 3. The number of hydrogen-bond acceptors (Lipinski definition) is 9. The van der Waals surface area contributed by atoms with Gasteiger partial charge in [0.25, 0.3) is 0 Å². The Kier molecular flexibility index (Phi) is 23.7. The summed E-state index contributed by atoms with van der Waals surface area (Å²) in [4.78, 5) is 31.1. The molecule has 0 saturated heterocycles. The van der Waals surface area contributed by atoms with Crippen molar-refractivity contribution in [1.29, 1.82) is 0 Å². The fourth-order valence-corrected chi connectivity index (χ4v) is 2.26. The maximum atomic E-state index is 11.7. The number of carboxylic acid groups (broad SMARTS) is 3. The average Bonchev–Trinajstić information content (AvgIpc) is 2.77. The molecule has 0 spiro atoms. The van der Waals surface area contributed by atoms with Crippen LogP contribution in [0.1, 0.15) is 31.9 Å². The minimum absolute atomic E-state index is 0. The second-order valence-corrected chi connectivity index (χ2v) is 6.63. The van der Waals surface area contributed by atoms with Gasteiger partial charge in [0, 0.05) is 30.7 Å². The second kappa shape index (κ2) is 23.0. The van der Waals surface area contributed by atoms with Crippen molar-refractivity contribution in [2.45, 2.75) is 27.3 Å². The topological polar surface area (TPSA) is 168 Å². The van der Waals surface area contributed by atoms with Crippen LogP contribution < -0.4 is 25.7 Å². The molecule has 9 nitrogen and oxygen atoms in total. The van der Waals surface area contributed by atoms with E-state index in [1.54, 1.807) is 24.4 Å². The van der Waals surface area contributed by atoms with Gasteiger partial charge in [0.15, 0.2) is 0 Å². The number of para-hydroxylation sites is 3. The predicted molar refractivity (Wildman–Crippen MR) is 125 cm³/mol. The number of aliphatic imine (C=N–C) groups is 1. The van der Waals surface area contributed by atoms with Crippen LogP contribution in [0.2, 0.25) is 0 Å². The van der Waals surface area contributed by atoms with Gasteiger partial charge in [-0.2, -0.15) is 0 Å². The fourth-order valence-electron chi connectivity index (χ4n) is 2.26. The van der Waals surface area contributed by atoms with Crippen LogP contribution >= 0.6 is 0 Å². The molecule has 3 aromatic carbocycles. The molecule has 0 heterocycles. The Morgan fingerprint density at radius 2 is 1.16 bits per heavy atom. The van der Waals surface area contributed by atoms with Crippen LogP contribution in [0.25, 0.3) is 0 Å². The van der Waals surface area contributed by atoms with Crippen molar-refractivity contribution >= 4 is 35.5 Å². The number of nitrogens with zero attached hydrogens (tertiary/aromatic N) is 1. The molecular weight excluding hydrogens is 583 g/mol. The van der Waals surface area contributed by atoms with Gasteiger partial charge in [-0.05, 0) is 44.0 Å². The van der Waals surface area contributed by atoms with Crippen molar-refractivity contribution < 1.29 is 73.8 Å². The van der Waals surface area contributed by atoms with E-state index < -0.39 is 17.9 Å². The molecule has 0 bridgehead atoms. The maximum absolute atomic E-state index is 11.7. The summed E-state index contributed by atoms with van der Waals surface area (Å²) < 4.78 is 0. The molecule has 3 rings (SSSR count). The van der Waals surface area contributed by atoms with Gasteiger partial charge in [0.1, 0.15) is 0 Å². The molecule has 0 aliphatic carbocycles. The molecule has 11 heteroatoms. The Balaban J connectivity index is -0.000000700. The first-order chi connectivity index (χ1) is 16.5. The molecule has 0 aliphatic rings. The van der Waals surface area contributed by atoms with Crippen molar-refractivity contribution in [3.63, 3.8) is 0 Å². The van der Waals surface area contributed by atoms with Crippen molar-refractivity contribution in [1.82, 2.24) is 0 Å². The van der Waals surface area contributed by atoms with Gasteiger partial charge in [-0.3, -0.25) is 4.99 Å². The maximum Gasteiger partial charge on any atom is 2.00 e. The van der Waals surface area contributed by atoms with E-state index in [0.717, 1.165) is 38.7 Å². The number of aliphatic carboxylic acids is 3. The summed E-state index contributed by atoms with van der Waals surface area (Å²) >= 11 is 0. The number of carbonyl (C=O) groups excluding carboxylic acids is 3. The van der Waals surface area contributed by atoms with Gasteiger partial charge in [0.2, 0.25) is 0 Å². The monoisotopic (exact) mass is 606 g/mol. The SMILES string of the molecule is CC(=O)[O-].CC(=O)[O-].CC(=O)[O-].[O-]c1ccccc1C=Nc1ccccc1NCc1ccccc1.[Zn+2].[Zn+2]. The Labute approximate surface area is 241 Å². The number of anilines is 1. The van der Waals surface area contributed by atoms with E-state index in [1.165, 1.54) is 5.56 Å². The minimum Gasteiger partial charge on any atom is -0.872 e. The third-order valence-electron chi connectivity index (χ3n) is 3.49. The molecule has 0 radical (unpaired) electrons. The Morgan fingerprint density at radius 1 is 0.730 bits per heavy atom. The Bertz CT molecular complexity index is 1050. The smallest absolute Gasteiger partial charge is 0.872 e. The standard InChI is InChI=1S/C20H18N2O.3C2H4O2.2Zn/c23-20-13-7-4-10-17(20)15-22-19-12-6-5-11-18(19)21-14-16-8-2-1-3-9-16;3*1-2(3)4;;/h1-13,15,21,23H,14H2;3*1H3,(H,3,4);;/q;;;;2*+2/p-4. The molecule has 0 saturated carbocycles. The van der Waals surface area contributed by atoms with Crippen molar-refractivity contribution in [2.24, 2.45) is 4.99 Å². The fraction of sp³-hybridized carbons (Fsp3) is 0.154. The van der Waals surface area contributed by atoms with Crippen LogP contribution in [0.3, 0.4) is 0 Å². The molecule has 0 fully saturated rings. The van der Waals surface area contributed by atoms with Crippen molar-refractivity contribution in [3.05, 3.63) is 90.0 Å². The van der Waals surface area contributed by atoms with Gasteiger partial charge < -0.3 is 40.1 Å². The zero-order valence-corrected chi connectivity index (χ0v) is 26.9. The molecule has 0 atom stereocenters. The molecule has 0 aliphatic heterocycles. The molecule has 3 aromatic rings. The van der Waals surface area contributed by atoms with E-state index in [1.807, 2.05) is 48.5 Å². The van der Waals surface area contributed by atoms with Gasteiger partial charge in [-0.25, -0.2) is 0 Å². The summed E-state index contributed by atoms with van der Waals surface area (Å²) in [6, 6.07) is 24.9. The Hall–Kier alpha value is -3.41. The van der Waals surface area contributed by atoms with Crippen LogP contribution in [0.5, 0.6) is 5.75 Å². The van der Waals surface area contributed by atoms with E-state index in [4.69, 9.17) is 29.7 Å². The quantitative estimate of drug-likeness (QED) is 0.320. The zero-order chi connectivity index (χ0) is 26.6. The van der Waals surface area contributed by atoms with Crippen molar-refractivity contribution in [2.75, 3.05) is 5.32 Å². The summed E-state index contributed by atoms with van der Waals surface area (Å²) in [5.74, 6) is -3.27.